The monoisotopic (exact) mass is 1240 g/mol. The molecule has 1 atom stereocenters. The largest absolute Gasteiger partial charge is 0.494 e. The van der Waals surface area contributed by atoms with Crippen molar-refractivity contribution in [3.8, 4) is 40.2 Å². The van der Waals surface area contributed by atoms with E-state index in [2.05, 4.69) is 19.7 Å². The molecule has 0 aromatic heterocycles. The van der Waals surface area contributed by atoms with Gasteiger partial charge in [0, 0.05) is 24.6 Å². The van der Waals surface area contributed by atoms with E-state index >= 15 is 0 Å². The highest BCUT2D eigenvalue weighted by Crippen LogP contribution is 2.30. The zero-order chi connectivity index (χ0) is 64.4. The van der Waals surface area contributed by atoms with Crippen molar-refractivity contribution in [3.63, 3.8) is 0 Å². The number of hydrogen-bond donors (Lipinski definition) is 0. The van der Waals surface area contributed by atoms with Crippen LogP contribution in [0, 0.1) is 0 Å². The molecule has 90 heavy (non-hydrogen) atoms. The first-order chi connectivity index (χ1) is 43.9. The lowest BCUT2D eigenvalue weighted by atomic mass is 10.1. The van der Waals surface area contributed by atoms with Gasteiger partial charge in [0.1, 0.15) is 45.8 Å². The van der Waals surface area contributed by atoms with Gasteiger partial charge in [0.05, 0.1) is 56.3 Å². The van der Waals surface area contributed by atoms with Crippen LogP contribution in [0.5, 0.6) is 40.2 Å². The van der Waals surface area contributed by atoms with E-state index in [4.69, 9.17) is 52.1 Å². The van der Waals surface area contributed by atoms with Gasteiger partial charge in [-0.1, -0.05) is 97.3 Å². The van der Waals surface area contributed by atoms with Gasteiger partial charge in [0.15, 0.2) is 0 Å². The van der Waals surface area contributed by atoms with E-state index in [1.807, 2.05) is 6.92 Å². The molecule has 18 nitrogen and oxygen atoms in total. The zero-order valence-electron chi connectivity index (χ0n) is 51.8. The van der Waals surface area contributed by atoms with Crippen LogP contribution in [-0.4, -0.2) is 87.7 Å². The van der Waals surface area contributed by atoms with E-state index in [0.29, 0.717) is 74.6 Å². The van der Waals surface area contributed by atoms with Crippen LogP contribution in [0.3, 0.4) is 0 Å². The topological polar surface area (TPSA) is 221 Å². The van der Waals surface area contributed by atoms with E-state index in [0.717, 1.165) is 140 Å². The van der Waals surface area contributed by atoms with Gasteiger partial charge in [-0.3, -0.25) is 0 Å². The Hall–Kier alpha value is -9.19. The summed E-state index contributed by atoms with van der Waals surface area (Å²) < 4.78 is 62.1. The second-order valence-electron chi connectivity index (χ2n) is 21.0. The molecule has 0 heterocycles. The van der Waals surface area contributed by atoms with Crippen molar-refractivity contribution in [2.24, 2.45) is 0 Å². The maximum absolute atomic E-state index is 14.3. The van der Waals surface area contributed by atoms with Crippen molar-refractivity contribution in [3.05, 3.63) is 175 Å². The lowest BCUT2D eigenvalue weighted by Crippen LogP contribution is -2.25. The first-order valence-electron chi connectivity index (χ1n) is 31.2. The summed E-state index contributed by atoms with van der Waals surface area (Å²) in [5, 5.41) is 0. The van der Waals surface area contributed by atoms with Crippen LogP contribution in [0.2, 0.25) is 0 Å². The maximum Gasteiger partial charge on any atom is 0.345 e. The Bertz CT molecular complexity index is 3010. The van der Waals surface area contributed by atoms with Crippen LogP contribution in [0.25, 0.3) is 0 Å². The Labute approximate surface area is 528 Å². The second-order valence-corrected chi connectivity index (χ2v) is 21.0. The third kappa shape index (κ3) is 28.8. The van der Waals surface area contributed by atoms with Crippen molar-refractivity contribution in [1.29, 1.82) is 0 Å². The summed E-state index contributed by atoms with van der Waals surface area (Å²) in [5.41, 5.74) is 0.493. The Morgan fingerprint density at radius 2 is 0.678 bits per heavy atom. The average molecular weight is 1240 g/mol. The summed E-state index contributed by atoms with van der Waals surface area (Å²) in [5.74, 6) is -2.12. The van der Waals surface area contributed by atoms with Crippen molar-refractivity contribution in [1.82, 2.24) is 0 Å². The fraction of sp³-hybridized carbons (Fsp3) is 0.403. The van der Waals surface area contributed by atoms with Crippen LogP contribution in [0.15, 0.2) is 153 Å². The van der Waals surface area contributed by atoms with Crippen molar-refractivity contribution >= 4 is 41.8 Å². The summed E-state index contributed by atoms with van der Waals surface area (Å²) in [7, 11) is 0. The summed E-state index contributed by atoms with van der Waals surface area (Å²) in [4.78, 5) is 88.2. The smallest absolute Gasteiger partial charge is 0.345 e. The van der Waals surface area contributed by atoms with E-state index in [1.165, 1.54) is 18.2 Å². The minimum Gasteiger partial charge on any atom is -0.494 e. The molecule has 0 amide bonds. The highest BCUT2D eigenvalue weighted by Gasteiger charge is 2.25. The molecule has 0 aliphatic carbocycles. The molecule has 0 saturated heterocycles. The highest BCUT2D eigenvalue weighted by molar-refractivity contribution is 5.97. The normalized spacial score (nSPS) is 11.0. The number of esters is 7. The van der Waals surface area contributed by atoms with Gasteiger partial charge in [0.25, 0.3) is 0 Å². The molecule has 0 fully saturated rings. The minimum absolute atomic E-state index is 0.0285. The van der Waals surface area contributed by atoms with Gasteiger partial charge in [-0.25, -0.2) is 33.6 Å². The fourth-order valence-corrected chi connectivity index (χ4v) is 8.81. The lowest BCUT2D eigenvalue weighted by Gasteiger charge is -2.20. The van der Waals surface area contributed by atoms with Gasteiger partial charge >= 0.3 is 41.8 Å². The number of unbranched alkanes of at least 4 members (excludes halogenated alkanes) is 16. The van der Waals surface area contributed by atoms with Gasteiger partial charge < -0.3 is 52.1 Å². The van der Waals surface area contributed by atoms with E-state index < -0.39 is 48.1 Å². The number of carbonyl (C=O) groups excluding carboxylic acids is 7. The number of hydrogen-bond acceptors (Lipinski definition) is 18. The fourth-order valence-electron chi connectivity index (χ4n) is 8.81. The molecule has 0 N–H and O–H groups in total. The van der Waals surface area contributed by atoms with E-state index in [9.17, 15) is 33.6 Å². The van der Waals surface area contributed by atoms with Gasteiger partial charge in [-0.15, -0.1) is 0 Å². The molecule has 5 aromatic carbocycles. The SMILES string of the molecule is C=CC(=O)OCCCCCCCCCOc1ccc(C(=O)Oc2ccc(OC(=O)c3ccc(OCCCCCCCCCOC(=O)C=C)cc3)c(C(=O)OC(CCCC)Oc3ccc(OC(=O)c4ccc(OCCCCCCOC(=O)C=C)cc4)cc3)c2)cc1. The Morgan fingerprint density at radius 3 is 1.06 bits per heavy atom. The molecule has 5 rings (SSSR count). The molecular formula is C72H86O18. The van der Waals surface area contributed by atoms with Crippen molar-refractivity contribution in [2.45, 2.75) is 148 Å². The van der Waals surface area contributed by atoms with Gasteiger partial charge in [-0.05, 0) is 173 Å². The zero-order valence-corrected chi connectivity index (χ0v) is 51.8. The molecular weight excluding hydrogens is 1150 g/mol. The quantitative estimate of drug-likeness (QED) is 0.00882. The number of rotatable bonds is 46. The van der Waals surface area contributed by atoms with Gasteiger partial charge in [0.2, 0.25) is 6.29 Å². The third-order valence-corrected chi connectivity index (χ3v) is 13.8. The summed E-state index contributed by atoms with van der Waals surface area (Å²) in [6.07, 6.45) is 21.0. The highest BCUT2D eigenvalue weighted by atomic mass is 16.7. The van der Waals surface area contributed by atoms with E-state index in [1.54, 1.807) is 97.1 Å². The third-order valence-electron chi connectivity index (χ3n) is 13.8. The molecule has 18 heteroatoms. The number of benzene rings is 5. The van der Waals surface area contributed by atoms with Crippen LogP contribution in [0.1, 0.15) is 183 Å². The molecule has 1 unspecified atom stereocenters. The summed E-state index contributed by atoms with van der Waals surface area (Å²) >= 11 is 0. The lowest BCUT2D eigenvalue weighted by molar-refractivity contribution is -0.138. The molecule has 0 saturated carbocycles. The molecule has 0 spiro atoms. The Balaban J connectivity index is 1.17. The Kier molecular flexibility index (Phi) is 33.9. The van der Waals surface area contributed by atoms with E-state index in [-0.39, 0.29) is 40.4 Å². The predicted molar refractivity (Wildman–Crippen MR) is 340 cm³/mol. The Morgan fingerprint density at radius 1 is 0.356 bits per heavy atom. The molecule has 0 bridgehead atoms. The van der Waals surface area contributed by atoms with Crippen LogP contribution < -0.4 is 33.2 Å². The maximum atomic E-state index is 14.3. The summed E-state index contributed by atoms with van der Waals surface area (Å²) in [6.45, 7) is 14.8. The average Bonchev–Trinajstić information content (AvgIpc) is 2.14. The molecule has 0 aliphatic rings. The molecule has 0 radical (unpaired) electrons. The standard InChI is InChI=1S/C72H86O18/c1-5-9-28-68(86-60-41-43-61(44-42-60)87-69(76)54-29-35-57(36-30-54)82-49-24-20-21-27-52-85-67(75)8-4)90-72(79)63-53-62(88-70(77)55-31-37-58(38-32-55)80-47-22-16-12-10-14-18-25-50-83-65(73)6-2)45-46-64(63)89-71(78)56-33-39-59(40-34-56)81-48-23-17-13-11-15-19-26-51-84-66(74)7-3/h6-8,29-46,53,68H,2-5,9-28,47-52H2,1H3. The summed E-state index contributed by atoms with van der Waals surface area (Å²) in [6, 6.07) is 29.8. The van der Waals surface area contributed by atoms with Gasteiger partial charge in [-0.2, -0.15) is 0 Å². The van der Waals surface area contributed by atoms with Crippen LogP contribution >= 0.6 is 0 Å². The van der Waals surface area contributed by atoms with Crippen LogP contribution in [0.4, 0.5) is 0 Å². The first-order valence-corrected chi connectivity index (χ1v) is 31.2. The van der Waals surface area contributed by atoms with Crippen molar-refractivity contribution in [2.75, 3.05) is 39.6 Å². The minimum atomic E-state index is -1.13. The molecule has 482 valence electrons. The predicted octanol–water partition coefficient (Wildman–Crippen LogP) is 15.4. The van der Waals surface area contributed by atoms with Crippen LogP contribution in [-0.2, 0) is 33.3 Å². The molecule has 0 aliphatic heterocycles. The number of carbonyl (C=O) groups is 7. The second kappa shape index (κ2) is 42.6. The molecule has 5 aromatic rings. The number of ether oxygens (including phenoxy) is 11. The van der Waals surface area contributed by atoms with Crippen molar-refractivity contribution < 1.29 is 85.7 Å². The first kappa shape index (κ1) is 71.6.